The van der Waals surface area contributed by atoms with E-state index >= 15 is 0 Å². The van der Waals surface area contributed by atoms with Crippen LogP contribution in [0.5, 0.6) is 0 Å². The van der Waals surface area contributed by atoms with Gasteiger partial charge in [0.05, 0.1) is 0 Å². The predicted octanol–water partition coefficient (Wildman–Crippen LogP) is 2.53. The quantitative estimate of drug-likeness (QED) is 0.833. The molecule has 6 nitrogen and oxygen atoms in total. The summed E-state index contributed by atoms with van der Waals surface area (Å²) in [5.74, 6) is 2.23. The topological polar surface area (TPSA) is 57.2 Å². The molecule has 118 valence electrons. The van der Waals surface area contributed by atoms with Gasteiger partial charge < -0.3 is 15.1 Å². The molecule has 1 fully saturated rings. The SMILES string of the molecule is CCNc1nc(N(CC)CC)nc(N(C)C2CCCC2)n1. The molecule has 6 heteroatoms. The number of aromatic nitrogens is 3. The zero-order valence-electron chi connectivity index (χ0n) is 13.8. The van der Waals surface area contributed by atoms with E-state index in [2.05, 4.69) is 52.9 Å². The van der Waals surface area contributed by atoms with Crippen LogP contribution in [0.25, 0.3) is 0 Å². The van der Waals surface area contributed by atoms with Gasteiger partial charge in [0.2, 0.25) is 17.8 Å². The maximum Gasteiger partial charge on any atom is 0.231 e. The molecule has 0 bridgehead atoms. The van der Waals surface area contributed by atoms with Crippen molar-refractivity contribution in [3.8, 4) is 0 Å². The van der Waals surface area contributed by atoms with Gasteiger partial charge in [-0.25, -0.2) is 0 Å². The van der Waals surface area contributed by atoms with Gasteiger partial charge in [-0.1, -0.05) is 12.8 Å². The average Bonchev–Trinajstić information content (AvgIpc) is 3.02. The Morgan fingerprint density at radius 2 is 1.62 bits per heavy atom. The Morgan fingerprint density at radius 3 is 2.19 bits per heavy atom. The maximum absolute atomic E-state index is 4.69. The second-order valence-corrected chi connectivity index (χ2v) is 5.51. The third-order valence-electron chi connectivity index (χ3n) is 4.18. The Kier molecular flexibility index (Phi) is 5.59. The van der Waals surface area contributed by atoms with Crippen LogP contribution in [0.3, 0.4) is 0 Å². The zero-order chi connectivity index (χ0) is 15.2. The molecule has 2 rings (SSSR count). The molecule has 0 saturated heterocycles. The molecule has 1 saturated carbocycles. The van der Waals surface area contributed by atoms with E-state index < -0.39 is 0 Å². The highest BCUT2D eigenvalue weighted by atomic mass is 15.4. The Morgan fingerprint density at radius 1 is 1.00 bits per heavy atom. The molecule has 0 atom stereocenters. The zero-order valence-corrected chi connectivity index (χ0v) is 13.8. The number of rotatable bonds is 7. The third kappa shape index (κ3) is 3.74. The standard InChI is InChI=1S/C15H28N6/c1-5-16-13-17-14(20(4)12-10-8-9-11-12)19-15(18-13)21(6-2)7-3/h12H,5-11H2,1-4H3,(H,16,17,18,19). The minimum atomic E-state index is 0.562. The molecule has 0 aromatic carbocycles. The molecular weight excluding hydrogens is 264 g/mol. The summed E-state index contributed by atoms with van der Waals surface area (Å²) in [6, 6.07) is 0.562. The normalized spacial score (nSPS) is 15.2. The molecule has 1 N–H and O–H groups in total. The van der Waals surface area contributed by atoms with Gasteiger partial charge in [-0.05, 0) is 33.6 Å². The van der Waals surface area contributed by atoms with E-state index in [9.17, 15) is 0 Å². The van der Waals surface area contributed by atoms with E-state index in [1.54, 1.807) is 0 Å². The molecule has 21 heavy (non-hydrogen) atoms. The van der Waals surface area contributed by atoms with E-state index in [1.165, 1.54) is 25.7 Å². The smallest absolute Gasteiger partial charge is 0.231 e. The second-order valence-electron chi connectivity index (χ2n) is 5.51. The van der Waals surface area contributed by atoms with E-state index in [1.807, 2.05) is 0 Å². The molecular formula is C15H28N6. The van der Waals surface area contributed by atoms with Gasteiger partial charge in [-0.15, -0.1) is 0 Å². The first-order chi connectivity index (χ1) is 10.2. The number of anilines is 3. The Labute approximate surface area is 128 Å². The monoisotopic (exact) mass is 292 g/mol. The number of nitrogens with one attached hydrogen (secondary N) is 1. The lowest BCUT2D eigenvalue weighted by atomic mass is 10.2. The lowest BCUT2D eigenvalue weighted by Crippen LogP contribution is -2.32. The molecule has 0 radical (unpaired) electrons. The van der Waals surface area contributed by atoms with Crippen LogP contribution in [-0.4, -0.2) is 47.7 Å². The Balaban J connectivity index is 2.29. The van der Waals surface area contributed by atoms with Crippen LogP contribution in [0.1, 0.15) is 46.5 Å². The minimum Gasteiger partial charge on any atom is -0.354 e. The average molecular weight is 292 g/mol. The van der Waals surface area contributed by atoms with Crippen LogP contribution in [0.15, 0.2) is 0 Å². The van der Waals surface area contributed by atoms with Crippen molar-refractivity contribution in [3.63, 3.8) is 0 Å². The van der Waals surface area contributed by atoms with Crippen LogP contribution < -0.4 is 15.1 Å². The molecule has 0 spiro atoms. The Bertz CT molecular complexity index is 440. The largest absolute Gasteiger partial charge is 0.354 e. The van der Waals surface area contributed by atoms with Gasteiger partial charge >= 0.3 is 0 Å². The molecule has 1 aliphatic carbocycles. The summed E-state index contributed by atoms with van der Waals surface area (Å²) in [6.07, 6.45) is 5.09. The number of hydrogen-bond donors (Lipinski definition) is 1. The lowest BCUT2D eigenvalue weighted by molar-refractivity contribution is 0.635. The number of hydrogen-bond acceptors (Lipinski definition) is 6. The summed E-state index contributed by atoms with van der Waals surface area (Å²) in [7, 11) is 2.10. The van der Waals surface area contributed by atoms with E-state index in [-0.39, 0.29) is 0 Å². The van der Waals surface area contributed by atoms with Crippen molar-refractivity contribution in [2.45, 2.75) is 52.5 Å². The first-order valence-electron chi connectivity index (χ1n) is 8.17. The van der Waals surface area contributed by atoms with Gasteiger partial charge in [0, 0.05) is 32.7 Å². The van der Waals surface area contributed by atoms with Crippen LogP contribution >= 0.6 is 0 Å². The van der Waals surface area contributed by atoms with Crippen molar-refractivity contribution in [1.82, 2.24) is 15.0 Å². The van der Waals surface area contributed by atoms with Crippen molar-refractivity contribution in [3.05, 3.63) is 0 Å². The van der Waals surface area contributed by atoms with E-state index in [0.717, 1.165) is 31.5 Å². The highest BCUT2D eigenvalue weighted by molar-refractivity contribution is 5.45. The van der Waals surface area contributed by atoms with Crippen LogP contribution in [0, 0.1) is 0 Å². The highest BCUT2D eigenvalue weighted by Crippen LogP contribution is 2.26. The van der Waals surface area contributed by atoms with Crippen molar-refractivity contribution in [2.75, 3.05) is 41.8 Å². The highest BCUT2D eigenvalue weighted by Gasteiger charge is 2.23. The van der Waals surface area contributed by atoms with Crippen molar-refractivity contribution >= 4 is 17.8 Å². The van der Waals surface area contributed by atoms with Crippen molar-refractivity contribution < 1.29 is 0 Å². The fourth-order valence-electron chi connectivity index (χ4n) is 2.85. The summed E-state index contributed by atoms with van der Waals surface area (Å²) in [5, 5.41) is 3.22. The molecule has 0 unspecified atom stereocenters. The summed E-state index contributed by atoms with van der Waals surface area (Å²) >= 11 is 0. The van der Waals surface area contributed by atoms with Crippen molar-refractivity contribution in [2.24, 2.45) is 0 Å². The third-order valence-corrected chi connectivity index (χ3v) is 4.18. The van der Waals surface area contributed by atoms with Crippen LogP contribution in [0.4, 0.5) is 17.8 Å². The number of nitrogens with zero attached hydrogens (tertiary/aromatic N) is 5. The molecule has 1 heterocycles. The van der Waals surface area contributed by atoms with Crippen LogP contribution in [-0.2, 0) is 0 Å². The van der Waals surface area contributed by atoms with Gasteiger partial charge in [0.25, 0.3) is 0 Å². The molecule has 1 aromatic rings. The minimum absolute atomic E-state index is 0.562. The second kappa shape index (κ2) is 7.43. The first-order valence-corrected chi connectivity index (χ1v) is 8.17. The van der Waals surface area contributed by atoms with Crippen molar-refractivity contribution in [1.29, 1.82) is 0 Å². The molecule has 1 aliphatic rings. The predicted molar refractivity (Wildman–Crippen MR) is 88.2 cm³/mol. The molecule has 0 amide bonds. The van der Waals surface area contributed by atoms with E-state index in [4.69, 9.17) is 4.98 Å². The van der Waals surface area contributed by atoms with E-state index in [0.29, 0.717) is 12.0 Å². The fourth-order valence-corrected chi connectivity index (χ4v) is 2.85. The summed E-state index contributed by atoms with van der Waals surface area (Å²) in [4.78, 5) is 18.2. The van der Waals surface area contributed by atoms with Gasteiger partial charge in [-0.2, -0.15) is 15.0 Å². The summed E-state index contributed by atoms with van der Waals surface area (Å²) in [6.45, 7) is 8.92. The van der Waals surface area contributed by atoms with Gasteiger partial charge in [-0.3, -0.25) is 0 Å². The molecule has 0 aliphatic heterocycles. The summed E-state index contributed by atoms with van der Waals surface area (Å²) < 4.78 is 0. The first kappa shape index (κ1) is 15.8. The lowest BCUT2D eigenvalue weighted by Gasteiger charge is -2.26. The summed E-state index contributed by atoms with van der Waals surface area (Å²) in [5.41, 5.74) is 0. The van der Waals surface area contributed by atoms with Crippen LogP contribution in [0.2, 0.25) is 0 Å². The fraction of sp³-hybridized carbons (Fsp3) is 0.800. The molecule has 1 aromatic heterocycles. The van der Waals surface area contributed by atoms with Gasteiger partial charge in [0.15, 0.2) is 0 Å². The maximum atomic E-state index is 4.69. The Hall–Kier alpha value is -1.59. The van der Waals surface area contributed by atoms with Gasteiger partial charge in [0.1, 0.15) is 0 Å².